The van der Waals surface area contributed by atoms with Gasteiger partial charge in [0.1, 0.15) is 0 Å². The van der Waals surface area contributed by atoms with Crippen LogP contribution in [0.3, 0.4) is 0 Å². The quantitative estimate of drug-likeness (QED) is 0.690. The molecule has 0 unspecified atom stereocenters. The summed E-state index contributed by atoms with van der Waals surface area (Å²) in [4.78, 5) is 8.24. The third kappa shape index (κ3) is 1.55. The number of hydrogen-bond donors (Lipinski definition) is 1. The fraction of sp³-hybridized carbons (Fsp3) is 0.556. The van der Waals surface area contributed by atoms with E-state index in [1.807, 2.05) is 13.8 Å². The van der Waals surface area contributed by atoms with Gasteiger partial charge in [-0.15, -0.1) is 0 Å². The van der Waals surface area contributed by atoms with E-state index in [9.17, 15) is 0 Å². The SMILES string of the molecule is Cc1nc(N)nc(C)c1C(C)C. The zero-order chi connectivity index (χ0) is 9.30. The largest absolute Gasteiger partial charge is 0.368 e. The minimum atomic E-state index is 0.370. The van der Waals surface area contributed by atoms with Gasteiger partial charge in [-0.25, -0.2) is 9.97 Å². The van der Waals surface area contributed by atoms with Gasteiger partial charge in [-0.3, -0.25) is 0 Å². The molecule has 1 aromatic rings. The van der Waals surface area contributed by atoms with Crippen LogP contribution in [-0.4, -0.2) is 9.97 Å². The molecule has 1 rings (SSSR count). The van der Waals surface area contributed by atoms with Crippen LogP contribution in [0.4, 0.5) is 5.95 Å². The number of anilines is 1. The summed E-state index contributed by atoms with van der Waals surface area (Å²) in [5.41, 5.74) is 8.71. The maximum atomic E-state index is 5.51. The van der Waals surface area contributed by atoms with Crippen molar-refractivity contribution in [1.82, 2.24) is 9.97 Å². The highest BCUT2D eigenvalue weighted by Crippen LogP contribution is 2.20. The van der Waals surface area contributed by atoms with Crippen LogP contribution in [0, 0.1) is 13.8 Å². The molecule has 0 spiro atoms. The summed E-state index contributed by atoms with van der Waals surface area (Å²) in [5.74, 6) is 0.833. The number of nitrogens with two attached hydrogens (primary N) is 1. The molecular formula is C9H15N3. The molecule has 0 aromatic carbocycles. The Morgan fingerprint density at radius 1 is 1.08 bits per heavy atom. The molecule has 3 nitrogen and oxygen atoms in total. The van der Waals surface area contributed by atoms with Crippen LogP contribution >= 0.6 is 0 Å². The predicted molar refractivity (Wildman–Crippen MR) is 50.0 cm³/mol. The Labute approximate surface area is 73.0 Å². The molecule has 1 heterocycles. The number of nitrogen functional groups attached to an aromatic ring is 1. The summed E-state index contributed by atoms with van der Waals surface area (Å²) < 4.78 is 0. The van der Waals surface area contributed by atoms with Gasteiger partial charge in [-0.05, 0) is 25.3 Å². The molecule has 2 N–H and O–H groups in total. The van der Waals surface area contributed by atoms with Crippen LogP contribution in [0.5, 0.6) is 0 Å². The molecule has 0 saturated carbocycles. The molecule has 0 aliphatic rings. The third-order valence-electron chi connectivity index (χ3n) is 1.92. The van der Waals surface area contributed by atoms with Gasteiger partial charge in [0.15, 0.2) is 0 Å². The molecule has 0 atom stereocenters. The number of aryl methyl sites for hydroxylation is 2. The summed E-state index contributed by atoms with van der Waals surface area (Å²) in [7, 11) is 0. The number of aromatic nitrogens is 2. The summed E-state index contributed by atoms with van der Waals surface area (Å²) >= 11 is 0. The lowest BCUT2D eigenvalue weighted by Gasteiger charge is -2.11. The van der Waals surface area contributed by atoms with Crippen LogP contribution in [0.1, 0.15) is 36.7 Å². The summed E-state index contributed by atoms with van der Waals surface area (Å²) in [6, 6.07) is 0. The van der Waals surface area contributed by atoms with Gasteiger partial charge in [0.05, 0.1) is 0 Å². The van der Waals surface area contributed by atoms with Crippen molar-refractivity contribution >= 4 is 5.95 Å². The Hall–Kier alpha value is -1.12. The summed E-state index contributed by atoms with van der Waals surface area (Å²) in [6.45, 7) is 8.21. The van der Waals surface area contributed by atoms with E-state index in [4.69, 9.17) is 5.73 Å². The van der Waals surface area contributed by atoms with Crippen molar-refractivity contribution in [3.63, 3.8) is 0 Å². The van der Waals surface area contributed by atoms with Crippen LogP contribution < -0.4 is 5.73 Å². The average Bonchev–Trinajstić information content (AvgIpc) is 1.82. The van der Waals surface area contributed by atoms with Crippen LogP contribution in [0.2, 0.25) is 0 Å². The Morgan fingerprint density at radius 3 is 1.83 bits per heavy atom. The first-order valence-corrected chi connectivity index (χ1v) is 4.13. The first-order valence-electron chi connectivity index (χ1n) is 4.13. The van der Waals surface area contributed by atoms with Gasteiger partial charge >= 0.3 is 0 Å². The highest BCUT2D eigenvalue weighted by molar-refractivity contribution is 5.32. The van der Waals surface area contributed by atoms with Crippen molar-refractivity contribution < 1.29 is 0 Å². The Bertz CT molecular complexity index is 269. The van der Waals surface area contributed by atoms with E-state index >= 15 is 0 Å². The molecule has 0 radical (unpaired) electrons. The van der Waals surface area contributed by atoms with Crippen LogP contribution in [0.25, 0.3) is 0 Å². The highest BCUT2D eigenvalue weighted by atomic mass is 15.0. The van der Waals surface area contributed by atoms with Crippen molar-refractivity contribution in [2.45, 2.75) is 33.6 Å². The maximum Gasteiger partial charge on any atom is 0.220 e. The minimum Gasteiger partial charge on any atom is -0.368 e. The van der Waals surface area contributed by atoms with E-state index in [0.29, 0.717) is 11.9 Å². The lowest BCUT2D eigenvalue weighted by molar-refractivity contribution is 0.815. The number of nitrogens with zero attached hydrogens (tertiary/aromatic N) is 2. The fourth-order valence-electron chi connectivity index (χ4n) is 1.59. The van der Waals surface area contributed by atoms with E-state index in [2.05, 4.69) is 23.8 Å². The highest BCUT2D eigenvalue weighted by Gasteiger charge is 2.09. The summed E-state index contributed by atoms with van der Waals surface area (Å²) in [6.07, 6.45) is 0. The monoisotopic (exact) mass is 165 g/mol. The van der Waals surface area contributed by atoms with Crippen LogP contribution in [-0.2, 0) is 0 Å². The fourth-order valence-corrected chi connectivity index (χ4v) is 1.59. The number of hydrogen-bond acceptors (Lipinski definition) is 3. The molecule has 66 valence electrons. The topological polar surface area (TPSA) is 51.8 Å². The van der Waals surface area contributed by atoms with Crippen molar-refractivity contribution in [2.75, 3.05) is 5.73 Å². The second-order valence-electron chi connectivity index (χ2n) is 3.32. The third-order valence-corrected chi connectivity index (χ3v) is 1.92. The maximum absolute atomic E-state index is 5.51. The molecule has 0 aliphatic heterocycles. The molecule has 12 heavy (non-hydrogen) atoms. The molecule has 0 saturated heterocycles. The zero-order valence-electron chi connectivity index (χ0n) is 8.05. The van der Waals surface area contributed by atoms with E-state index < -0.39 is 0 Å². The smallest absolute Gasteiger partial charge is 0.220 e. The molecule has 0 amide bonds. The Balaban J connectivity index is 3.28. The lowest BCUT2D eigenvalue weighted by atomic mass is 10.0. The van der Waals surface area contributed by atoms with Gasteiger partial charge < -0.3 is 5.73 Å². The van der Waals surface area contributed by atoms with Crippen molar-refractivity contribution in [2.24, 2.45) is 0 Å². The second kappa shape index (κ2) is 3.09. The van der Waals surface area contributed by atoms with E-state index in [0.717, 1.165) is 11.4 Å². The van der Waals surface area contributed by atoms with Crippen LogP contribution in [0.15, 0.2) is 0 Å². The normalized spacial score (nSPS) is 10.8. The second-order valence-corrected chi connectivity index (χ2v) is 3.32. The molecular weight excluding hydrogens is 150 g/mol. The molecule has 1 aromatic heterocycles. The lowest BCUT2D eigenvalue weighted by Crippen LogP contribution is -2.05. The van der Waals surface area contributed by atoms with Gasteiger partial charge in [-0.2, -0.15) is 0 Å². The van der Waals surface area contributed by atoms with Gasteiger partial charge in [0.2, 0.25) is 5.95 Å². The van der Waals surface area contributed by atoms with Gasteiger partial charge in [0, 0.05) is 11.4 Å². The molecule has 0 aliphatic carbocycles. The van der Waals surface area contributed by atoms with E-state index in [-0.39, 0.29) is 0 Å². The van der Waals surface area contributed by atoms with Crippen molar-refractivity contribution in [1.29, 1.82) is 0 Å². The standard InChI is InChI=1S/C9H15N3/c1-5(2)8-6(3)11-9(10)12-7(8)4/h5H,1-4H3,(H2,10,11,12). The Kier molecular flexibility index (Phi) is 2.31. The molecule has 3 heteroatoms. The van der Waals surface area contributed by atoms with Crippen molar-refractivity contribution in [3.05, 3.63) is 17.0 Å². The first kappa shape index (κ1) is 8.97. The van der Waals surface area contributed by atoms with E-state index in [1.165, 1.54) is 5.56 Å². The molecule has 0 bridgehead atoms. The average molecular weight is 165 g/mol. The minimum absolute atomic E-state index is 0.370. The summed E-state index contributed by atoms with van der Waals surface area (Å²) in [5, 5.41) is 0. The van der Waals surface area contributed by atoms with Crippen molar-refractivity contribution in [3.8, 4) is 0 Å². The predicted octanol–water partition coefficient (Wildman–Crippen LogP) is 1.80. The van der Waals surface area contributed by atoms with E-state index in [1.54, 1.807) is 0 Å². The first-order chi connectivity index (χ1) is 5.52. The van der Waals surface area contributed by atoms with Gasteiger partial charge in [0.25, 0.3) is 0 Å². The molecule has 0 fully saturated rings. The Morgan fingerprint density at radius 2 is 1.50 bits per heavy atom. The number of rotatable bonds is 1. The van der Waals surface area contributed by atoms with Gasteiger partial charge in [-0.1, -0.05) is 13.8 Å². The zero-order valence-corrected chi connectivity index (χ0v) is 8.05.